The molecule has 10 atom stereocenters. The lowest BCUT2D eigenvalue weighted by Gasteiger charge is -2.71. The molecular formula is C36H58O4. The standard InChI is InChI=1S/C36H58O4/c1-22-13-16-33(7)19-20-35(9)24(29(33)23(22)2)11-12-26-34(8)17-15-27(40-28(37)21-31(3,4)30(38)39)32(5,6)25(34)14-18-36(26,35)10/h11,22-23,25-27,29H,12-21H2,1-10H3,(H,38,39)/t22-,23+,25+,26-,27+,29+,33-,34+,35-,36-/m1/s1. The Kier molecular flexibility index (Phi) is 7.04. The summed E-state index contributed by atoms with van der Waals surface area (Å²) in [4.78, 5) is 24.5. The Balaban J connectivity index is 1.43. The Morgan fingerprint density at radius 1 is 0.925 bits per heavy atom. The highest BCUT2D eigenvalue weighted by Crippen LogP contribution is 2.75. The Labute approximate surface area is 244 Å². The summed E-state index contributed by atoms with van der Waals surface area (Å²) in [5.41, 5.74) is 1.79. The summed E-state index contributed by atoms with van der Waals surface area (Å²) in [6, 6.07) is 0. The van der Waals surface area contributed by atoms with Gasteiger partial charge in [-0.15, -0.1) is 0 Å². The van der Waals surface area contributed by atoms with E-state index in [0.717, 1.165) is 30.6 Å². The van der Waals surface area contributed by atoms with Crippen molar-refractivity contribution in [3.05, 3.63) is 11.6 Å². The monoisotopic (exact) mass is 554 g/mol. The van der Waals surface area contributed by atoms with Crippen LogP contribution in [-0.4, -0.2) is 23.1 Å². The van der Waals surface area contributed by atoms with Gasteiger partial charge in [-0.25, -0.2) is 0 Å². The van der Waals surface area contributed by atoms with Crippen LogP contribution in [0.3, 0.4) is 0 Å². The first-order valence-electron chi connectivity index (χ1n) is 16.5. The number of fused-ring (bicyclic) bond motifs is 7. The quantitative estimate of drug-likeness (QED) is 0.278. The Morgan fingerprint density at radius 3 is 2.25 bits per heavy atom. The first kappa shape index (κ1) is 30.1. The lowest BCUT2D eigenvalue weighted by molar-refractivity contribution is -0.214. The second-order valence-corrected chi connectivity index (χ2v) is 17.5. The van der Waals surface area contributed by atoms with Gasteiger partial charge in [0, 0.05) is 5.41 Å². The van der Waals surface area contributed by atoms with Crippen LogP contribution >= 0.6 is 0 Å². The molecule has 0 aromatic rings. The normalized spacial score (nSPS) is 48.0. The van der Waals surface area contributed by atoms with Gasteiger partial charge in [0.1, 0.15) is 6.10 Å². The lowest BCUT2D eigenvalue weighted by atomic mass is 9.33. The number of carboxylic acids is 1. The molecular weight excluding hydrogens is 496 g/mol. The van der Waals surface area contributed by atoms with Gasteiger partial charge in [-0.1, -0.05) is 67.0 Å². The molecule has 0 aromatic carbocycles. The maximum Gasteiger partial charge on any atom is 0.309 e. The number of rotatable bonds is 4. The molecule has 0 bridgehead atoms. The van der Waals surface area contributed by atoms with Crippen molar-refractivity contribution in [2.24, 2.45) is 62.1 Å². The second kappa shape index (κ2) is 9.34. The number of carboxylic acid groups (broad SMARTS) is 1. The fourth-order valence-electron chi connectivity index (χ4n) is 11.7. The average molecular weight is 555 g/mol. The highest BCUT2D eigenvalue weighted by atomic mass is 16.5. The van der Waals surface area contributed by atoms with Gasteiger partial charge < -0.3 is 9.84 Å². The van der Waals surface area contributed by atoms with Crippen molar-refractivity contribution >= 4 is 11.9 Å². The molecule has 4 heteroatoms. The summed E-state index contributed by atoms with van der Waals surface area (Å²) in [7, 11) is 0. The van der Waals surface area contributed by atoms with Gasteiger partial charge in [0.05, 0.1) is 11.8 Å². The van der Waals surface area contributed by atoms with Crippen LogP contribution in [0.4, 0.5) is 0 Å². The Bertz CT molecular complexity index is 1090. The third-order valence-electron chi connectivity index (χ3n) is 14.8. The van der Waals surface area contributed by atoms with E-state index in [4.69, 9.17) is 4.74 Å². The second-order valence-electron chi connectivity index (χ2n) is 17.5. The molecule has 0 unspecified atom stereocenters. The van der Waals surface area contributed by atoms with Crippen molar-refractivity contribution in [1.82, 2.24) is 0 Å². The summed E-state index contributed by atoms with van der Waals surface area (Å²) in [6.07, 6.45) is 13.5. The van der Waals surface area contributed by atoms with E-state index < -0.39 is 11.4 Å². The number of ether oxygens (including phenoxy) is 1. The zero-order chi connectivity index (χ0) is 29.7. The molecule has 0 spiro atoms. The van der Waals surface area contributed by atoms with Gasteiger partial charge >= 0.3 is 11.9 Å². The molecule has 5 aliphatic rings. The predicted molar refractivity (Wildman–Crippen MR) is 161 cm³/mol. The van der Waals surface area contributed by atoms with Gasteiger partial charge in [-0.2, -0.15) is 0 Å². The maximum absolute atomic E-state index is 12.9. The molecule has 0 saturated heterocycles. The minimum absolute atomic E-state index is 0.0827. The molecule has 5 aliphatic carbocycles. The van der Waals surface area contributed by atoms with Crippen LogP contribution in [0.25, 0.3) is 0 Å². The Morgan fingerprint density at radius 2 is 1.60 bits per heavy atom. The molecule has 40 heavy (non-hydrogen) atoms. The van der Waals surface area contributed by atoms with Crippen molar-refractivity contribution in [2.45, 2.75) is 140 Å². The fourth-order valence-corrected chi connectivity index (χ4v) is 11.7. The number of allylic oxidation sites excluding steroid dienone is 2. The van der Waals surface area contributed by atoms with E-state index in [2.05, 4.69) is 61.5 Å². The lowest BCUT2D eigenvalue weighted by Crippen LogP contribution is -2.65. The van der Waals surface area contributed by atoms with Crippen LogP contribution in [-0.2, 0) is 14.3 Å². The number of hydrogen-bond donors (Lipinski definition) is 1. The topological polar surface area (TPSA) is 63.6 Å². The number of aliphatic carboxylic acids is 1. The van der Waals surface area contributed by atoms with Crippen LogP contribution in [0, 0.1) is 62.1 Å². The summed E-state index contributed by atoms with van der Waals surface area (Å²) in [6.45, 7) is 23.4. The van der Waals surface area contributed by atoms with E-state index in [0.29, 0.717) is 17.3 Å². The molecule has 226 valence electrons. The average Bonchev–Trinajstić information content (AvgIpc) is 2.84. The SMILES string of the molecule is C[C@H]1[C@H](C)CC[C@]2(C)CC[C@]3(C)C(=CC[C@@H]4[C@@]5(C)CC[C@H](OC(=O)CC(C)(C)C(=O)O)C(C)(C)[C@@H]5CC[C@]43C)[C@H]12. The molecule has 5 rings (SSSR count). The minimum atomic E-state index is -1.11. The van der Waals surface area contributed by atoms with Crippen molar-refractivity contribution in [2.75, 3.05) is 0 Å². The van der Waals surface area contributed by atoms with E-state index in [1.54, 1.807) is 13.8 Å². The molecule has 0 amide bonds. The van der Waals surface area contributed by atoms with Crippen LogP contribution in [0.1, 0.15) is 133 Å². The van der Waals surface area contributed by atoms with Crippen molar-refractivity contribution < 1.29 is 19.4 Å². The largest absolute Gasteiger partial charge is 0.481 e. The van der Waals surface area contributed by atoms with E-state index >= 15 is 0 Å². The first-order valence-corrected chi connectivity index (χ1v) is 16.5. The van der Waals surface area contributed by atoms with Crippen molar-refractivity contribution in [3.63, 3.8) is 0 Å². The van der Waals surface area contributed by atoms with Crippen LogP contribution in [0.5, 0.6) is 0 Å². The molecule has 4 nitrogen and oxygen atoms in total. The van der Waals surface area contributed by atoms with Crippen LogP contribution in [0.15, 0.2) is 11.6 Å². The number of carbonyl (C=O) groups is 2. The zero-order valence-corrected chi connectivity index (χ0v) is 27.3. The van der Waals surface area contributed by atoms with Crippen molar-refractivity contribution in [1.29, 1.82) is 0 Å². The molecule has 0 aliphatic heterocycles. The smallest absolute Gasteiger partial charge is 0.309 e. The predicted octanol–water partition coefficient (Wildman–Crippen LogP) is 9.08. The first-order chi connectivity index (χ1) is 18.3. The third kappa shape index (κ3) is 4.10. The van der Waals surface area contributed by atoms with Crippen molar-refractivity contribution in [3.8, 4) is 0 Å². The van der Waals surface area contributed by atoms with E-state index in [1.165, 1.54) is 44.9 Å². The van der Waals surface area contributed by atoms with Gasteiger partial charge in [0.25, 0.3) is 0 Å². The van der Waals surface area contributed by atoms with Gasteiger partial charge in [-0.3, -0.25) is 9.59 Å². The summed E-state index contributed by atoms with van der Waals surface area (Å²) < 4.78 is 6.13. The Hall–Kier alpha value is -1.32. The minimum Gasteiger partial charge on any atom is -0.481 e. The number of carbonyl (C=O) groups excluding carboxylic acids is 1. The van der Waals surface area contributed by atoms with Gasteiger partial charge in [0.2, 0.25) is 0 Å². The number of esters is 1. The number of hydrogen-bond acceptors (Lipinski definition) is 3. The summed E-state index contributed by atoms with van der Waals surface area (Å²) >= 11 is 0. The maximum atomic E-state index is 12.9. The highest BCUT2D eigenvalue weighted by Gasteiger charge is 2.68. The summed E-state index contributed by atoms with van der Waals surface area (Å²) in [5, 5.41) is 9.52. The molecule has 0 heterocycles. The van der Waals surface area contributed by atoms with Gasteiger partial charge in [0.15, 0.2) is 0 Å². The van der Waals surface area contributed by atoms with Crippen LogP contribution < -0.4 is 0 Å². The molecule has 0 radical (unpaired) electrons. The summed E-state index contributed by atoms with van der Waals surface area (Å²) in [5.74, 6) is 2.08. The van der Waals surface area contributed by atoms with Gasteiger partial charge in [-0.05, 0) is 123 Å². The molecule has 1 N–H and O–H groups in total. The zero-order valence-electron chi connectivity index (χ0n) is 27.3. The third-order valence-corrected chi connectivity index (χ3v) is 14.8. The van der Waals surface area contributed by atoms with Crippen LogP contribution in [0.2, 0.25) is 0 Å². The fraction of sp³-hybridized carbons (Fsp3) is 0.889. The highest BCUT2D eigenvalue weighted by molar-refractivity contribution is 5.81. The van der Waals surface area contributed by atoms with E-state index in [1.807, 2.05) is 5.57 Å². The molecule has 4 saturated carbocycles. The molecule has 4 fully saturated rings. The van der Waals surface area contributed by atoms with E-state index in [9.17, 15) is 14.7 Å². The molecule has 0 aromatic heterocycles. The van der Waals surface area contributed by atoms with E-state index in [-0.39, 0.29) is 40.2 Å².